The van der Waals surface area contributed by atoms with Crippen molar-refractivity contribution in [1.29, 1.82) is 0 Å². The molecule has 1 amide bonds. The van der Waals surface area contributed by atoms with E-state index in [-0.39, 0.29) is 11.9 Å². The molecule has 5 nitrogen and oxygen atoms in total. The lowest BCUT2D eigenvalue weighted by Gasteiger charge is -2.19. The van der Waals surface area contributed by atoms with Gasteiger partial charge in [0.05, 0.1) is 0 Å². The number of aliphatic imine (C=N–C) groups is 1. The van der Waals surface area contributed by atoms with Gasteiger partial charge in [-0.1, -0.05) is 36.8 Å². The summed E-state index contributed by atoms with van der Waals surface area (Å²) in [7, 11) is 0. The van der Waals surface area contributed by atoms with Gasteiger partial charge in [-0.05, 0) is 35.8 Å². The molecular formula is C21H20N2O3. The van der Waals surface area contributed by atoms with Crippen LogP contribution in [-0.4, -0.2) is 29.2 Å². The van der Waals surface area contributed by atoms with Gasteiger partial charge < -0.3 is 9.64 Å². The molecule has 5 heteroatoms. The Balaban J connectivity index is 1.86. The summed E-state index contributed by atoms with van der Waals surface area (Å²) in [6, 6.07) is 11.6. The van der Waals surface area contributed by atoms with Gasteiger partial charge in [-0.3, -0.25) is 9.59 Å². The Morgan fingerprint density at radius 3 is 2.85 bits per heavy atom. The zero-order chi connectivity index (χ0) is 18.1. The quantitative estimate of drug-likeness (QED) is 0.469. The first kappa shape index (κ1) is 16.5. The number of fused-ring (bicyclic) bond motifs is 2. The molecule has 0 saturated carbocycles. The third-order valence-corrected chi connectivity index (χ3v) is 4.80. The summed E-state index contributed by atoms with van der Waals surface area (Å²) in [5, 5.41) is 1.97. The largest absolute Gasteiger partial charge is 0.426 e. The summed E-state index contributed by atoms with van der Waals surface area (Å²) in [6.45, 7) is 2.17. The molecule has 4 rings (SSSR count). The number of esters is 1. The second kappa shape index (κ2) is 6.75. The van der Waals surface area contributed by atoms with E-state index in [4.69, 9.17) is 4.74 Å². The molecule has 2 aromatic carbocycles. The number of ether oxygens (including phenoxy) is 1. The predicted octanol–water partition coefficient (Wildman–Crippen LogP) is 3.92. The summed E-state index contributed by atoms with van der Waals surface area (Å²) >= 11 is 0. The van der Waals surface area contributed by atoms with Gasteiger partial charge in [0.1, 0.15) is 17.3 Å². The van der Waals surface area contributed by atoms with E-state index < -0.39 is 0 Å². The Hall–Kier alpha value is -2.95. The first-order chi connectivity index (χ1) is 12.6. The molecule has 132 valence electrons. The van der Waals surface area contributed by atoms with Crippen molar-refractivity contribution in [2.75, 3.05) is 6.54 Å². The van der Waals surface area contributed by atoms with Crippen molar-refractivity contribution in [2.24, 2.45) is 4.99 Å². The highest BCUT2D eigenvalue weighted by atomic mass is 16.5. The highest BCUT2D eigenvalue weighted by Crippen LogP contribution is 2.33. The van der Waals surface area contributed by atoms with Crippen molar-refractivity contribution in [2.45, 2.75) is 32.6 Å². The minimum absolute atomic E-state index is 0.219. The third-order valence-electron chi connectivity index (χ3n) is 4.80. The van der Waals surface area contributed by atoms with Gasteiger partial charge in [0, 0.05) is 25.5 Å². The van der Waals surface area contributed by atoms with Crippen LogP contribution in [0, 0.1) is 0 Å². The minimum atomic E-state index is -0.385. The molecule has 0 bridgehead atoms. The van der Waals surface area contributed by atoms with Crippen molar-refractivity contribution < 1.29 is 14.3 Å². The molecule has 2 aliphatic heterocycles. The fourth-order valence-electron chi connectivity index (χ4n) is 3.60. The van der Waals surface area contributed by atoms with Crippen LogP contribution in [0.25, 0.3) is 16.8 Å². The number of carbonyl (C=O) groups excluding carboxylic acids is 2. The van der Waals surface area contributed by atoms with Gasteiger partial charge in [-0.25, -0.2) is 0 Å². The fraction of sp³-hybridized carbons (Fsp3) is 0.286. The zero-order valence-electron chi connectivity index (χ0n) is 14.7. The first-order valence-corrected chi connectivity index (χ1v) is 8.95. The number of amides is 1. The van der Waals surface area contributed by atoms with Crippen LogP contribution >= 0.6 is 0 Å². The molecule has 26 heavy (non-hydrogen) atoms. The average molecular weight is 348 g/mol. The summed E-state index contributed by atoms with van der Waals surface area (Å²) in [5.41, 5.74) is 1.30. The predicted molar refractivity (Wildman–Crippen MR) is 101 cm³/mol. The molecule has 0 aliphatic carbocycles. The zero-order valence-corrected chi connectivity index (χ0v) is 14.7. The van der Waals surface area contributed by atoms with Gasteiger partial charge in [0.2, 0.25) is 0 Å². The maximum atomic E-state index is 12.5. The Morgan fingerprint density at radius 1 is 1.15 bits per heavy atom. The van der Waals surface area contributed by atoms with Crippen LogP contribution in [-0.2, 0) is 9.59 Å². The van der Waals surface area contributed by atoms with E-state index >= 15 is 0 Å². The second-order valence-electron chi connectivity index (χ2n) is 6.62. The van der Waals surface area contributed by atoms with Gasteiger partial charge in [0.15, 0.2) is 0 Å². The van der Waals surface area contributed by atoms with E-state index in [0.717, 1.165) is 54.4 Å². The summed E-state index contributed by atoms with van der Waals surface area (Å²) in [5.74, 6) is 0.709. The number of amidine groups is 1. The molecule has 2 aliphatic rings. The number of hydrogen-bond acceptors (Lipinski definition) is 4. The van der Waals surface area contributed by atoms with E-state index in [1.54, 1.807) is 6.07 Å². The molecular weight excluding hydrogens is 328 g/mol. The monoisotopic (exact) mass is 348 g/mol. The summed E-state index contributed by atoms with van der Waals surface area (Å²) in [4.78, 5) is 30.3. The molecule has 0 aromatic heterocycles. The second-order valence-corrected chi connectivity index (χ2v) is 6.62. The molecule has 0 radical (unpaired) electrons. The van der Waals surface area contributed by atoms with Crippen LogP contribution in [0.1, 0.15) is 38.2 Å². The highest BCUT2D eigenvalue weighted by molar-refractivity contribution is 6.14. The van der Waals surface area contributed by atoms with Crippen molar-refractivity contribution in [3.05, 3.63) is 47.7 Å². The topological polar surface area (TPSA) is 59.0 Å². The standard InChI is InChI=1S/C21H20N2O3/c1-14(24)26-19-11-10-15-7-4-5-8-16(15)17(19)13-18-21(25)22-20-9-3-2-6-12-23(18)20/h4-5,7-8,10-11,13H,2-3,6,9,12H2,1H3/b18-13-. The lowest BCUT2D eigenvalue weighted by Crippen LogP contribution is -2.26. The smallest absolute Gasteiger partial charge is 0.308 e. The maximum Gasteiger partial charge on any atom is 0.308 e. The van der Waals surface area contributed by atoms with Crippen molar-refractivity contribution in [1.82, 2.24) is 4.90 Å². The molecule has 2 aromatic rings. The SMILES string of the molecule is CC(=O)Oc1ccc2ccccc2c1/C=C1/C(=O)N=C2CCCCCN21. The van der Waals surface area contributed by atoms with Crippen molar-refractivity contribution in [3.8, 4) is 5.75 Å². The number of carbonyl (C=O) groups is 2. The molecule has 0 spiro atoms. The van der Waals surface area contributed by atoms with E-state index in [2.05, 4.69) is 4.99 Å². The van der Waals surface area contributed by atoms with Crippen LogP contribution < -0.4 is 4.74 Å². The average Bonchev–Trinajstić information content (AvgIpc) is 2.78. The Bertz CT molecular complexity index is 959. The minimum Gasteiger partial charge on any atom is -0.426 e. The lowest BCUT2D eigenvalue weighted by atomic mass is 10.0. The molecule has 1 saturated heterocycles. The molecule has 0 atom stereocenters. The Labute approximate surface area is 152 Å². The summed E-state index contributed by atoms with van der Waals surface area (Å²) in [6.07, 6.45) is 5.89. The highest BCUT2D eigenvalue weighted by Gasteiger charge is 2.30. The van der Waals surface area contributed by atoms with Crippen LogP contribution in [0.15, 0.2) is 47.1 Å². The Morgan fingerprint density at radius 2 is 2.00 bits per heavy atom. The van der Waals surface area contributed by atoms with Gasteiger partial charge in [-0.2, -0.15) is 4.99 Å². The van der Waals surface area contributed by atoms with E-state index in [1.165, 1.54) is 6.92 Å². The van der Waals surface area contributed by atoms with Crippen LogP contribution in [0.2, 0.25) is 0 Å². The Kier molecular flexibility index (Phi) is 4.29. The first-order valence-electron chi connectivity index (χ1n) is 8.95. The summed E-state index contributed by atoms with van der Waals surface area (Å²) < 4.78 is 5.41. The molecule has 2 heterocycles. The van der Waals surface area contributed by atoms with Gasteiger partial charge in [-0.15, -0.1) is 0 Å². The number of rotatable bonds is 2. The van der Waals surface area contributed by atoms with E-state index in [9.17, 15) is 9.59 Å². The van der Waals surface area contributed by atoms with Gasteiger partial charge >= 0.3 is 5.97 Å². The lowest BCUT2D eigenvalue weighted by molar-refractivity contribution is -0.131. The van der Waals surface area contributed by atoms with E-state index in [1.807, 2.05) is 41.3 Å². The van der Waals surface area contributed by atoms with Gasteiger partial charge in [0.25, 0.3) is 5.91 Å². The van der Waals surface area contributed by atoms with Crippen LogP contribution in [0.3, 0.4) is 0 Å². The van der Waals surface area contributed by atoms with Crippen LogP contribution in [0.4, 0.5) is 0 Å². The normalized spacial score (nSPS) is 18.7. The number of benzene rings is 2. The maximum absolute atomic E-state index is 12.5. The van der Waals surface area contributed by atoms with E-state index in [0.29, 0.717) is 11.4 Å². The van der Waals surface area contributed by atoms with Crippen molar-refractivity contribution in [3.63, 3.8) is 0 Å². The molecule has 1 fully saturated rings. The fourth-order valence-corrected chi connectivity index (χ4v) is 3.60. The number of nitrogens with zero attached hydrogens (tertiary/aromatic N) is 2. The third kappa shape index (κ3) is 3.01. The van der Waals surface area contributed by atoms with Crippen LogP contribution in [0.5, 0.6) is 5.75 Å². The van der Waals surface area contributed by atoms with Crippen molar-refractivity contribution >= 4 is 34.6 Å². The molecule has 0 N–H and O–H groups in total. The number of hydrogen-bond donors (Lipinski definition) is 0. The molecule has 0 unspecified atom stereocenters.